The van der Waals surface area contributed by atoms with E-state index in [0.717, 1.165) is 5.56 Å². The van der Waals surface area contributed by atoms with Gasteiger partial charge in [0.05, 0.1) is 0 Å². The second-order valence-corrected chi connectivity index (χ2v) is 4.38. The highest BCUT2D eigenvalue weighted by molar-refractivity contribution is 9.10. The van der Waals surface area contributed by atoms with Crippen LogP contribution in [0.4, 0.5) is 0 Å². The Morgan fingerprint density at radius 3 is 2.67 bits per heavy atom. The van der Waals surface area contributed by atoms with E-state index in [4.69, 9.17) is 5.41 Å². The fourth-order valence-corrected chi connectivity index (χ4v) is 2.14. The molecule has 0 amide bonds. The Balaban J connectivity index is 2.75. The molecule has 76 valence electrons. The number of benzene rings is 1. The molecule has 0 radical (unpaired) electrons. The Labute approximate surface area is 95.1 Å². The molecule has 1 aromatic carbocycles. The van der Waals surface area contributed by atoms with E-state index in [0.29, 0.717) is 11.1 Å². The topological polar surface area (TPSA) is 58.0 Å². The second kappa shape index (κ2) is 3.38. The van der Waals surface area contributed by atoms with Crippen molar-refractivity contribution in [2.45, 2.75) is 11.8 Å². The lowest BCUT2D eigenvalue weighted by Gasteiger charge is -2.20. The maximum absolute atomic E-state index is 11.9. The fraction of sp³-hybridized carbons (Fsp3) is 0.182. The first-order chi connectivity index (χ1) is 7.04. The van der Waals surface area contributed by atoms with Crippen molar-refractivity contribution in [3.8, 4) is 0 Å². The third kappa shape index (κ3) is 1.36. The highest BCUT2D eigenvalue weighted by Gasteiger charge is 2.36. The van der Waals surface area contributed by atoms with Crippen LogP contribution in [0.5, 0.6) is 0 Å². The summed E-state index contributed by atoms with van der Waals surface area (Å²) in [6.45, 7) is 1.79. The number of hydrogen-bond acceptors (Lipinski definition) is 3. The van der Waals surface area contributed by atoms with Crippen molar-refractivity contribution in [3.05, 3.63) is 34.9 Å². The van der Waals surface area contributed by atoms with Crippen molar-refractivity contribution < 1.29 is 9.59 Å². The lowest BCUT2D eigenvalue weighted by molar-refractivity contribution is 0.0970. The number of nitrogens with one attached hydrogen (secondary N) is 1. The molecule has 1 unspecified atom stereocenters. The lowest BCUT2D eigenvalue weighted by Crippen LogP contribution is -2.37. The van der Waals surface area contributed by atoms with Gasteiger partial charge in [-0.1, -0.05) is 34.1 Å². The zero-order valence-electron chi connectivity index (χ0n) is 8.00. The monoisotopic (exact) mass is 265 g/mol. The highest BCUT2D eigenvalue weighted by atomic mass is 79.9. The van der Waals surface area contributed by atoms with Gasteiger partial charge in [0.25, 0.3) is 0 Å². The molecule has 1 aliphatic rings. The Morgan fingerprint density at radius 2 is 2.00 bits per heavy atom. The number of fused-ring (bicyclic) bond motifs is 1. The first-order valence-corrected chi connectivity index (χ1v) is 5.36. The largest absolute Gasteiger partial charge is 0.300 e. The maximum atomic E-state index is 11.9. The minimum absolute atomic E-state index is 0.182. The maximum Gasteiger partial charge on any atom is 0.208 e. The van der Waals surface area contributed by atoms with E-state index in [1.807, 2.05) is 0 Å². The molecule has 0 bridgehead atoms. The summed E-state index contributed by atoms with van der Waals surface area (Å²) in [4.78, 5) is 22.8. The minimum Gasteiger partial charge on any atom is -0.300 e. The molecular formula is C11H8BrNO2. The molecule has 0 spiro atoms. The molecule has 0 fully saturated rings. The lowest BCUT2D eigenvalue weighted by atomic mass is 9.85. The standard InChI is InChI=1S/C11H8BrNO2/c1-5-3-2-4-6-7(5)11(15)8(12)9(13)10(6)14/h2-4,8,13H,1H3. The summed E-state index contributed by atoms with van der Waals surface area (Å²) in [7, 11) is 0. The number of ketones is 2. The van der Waals surface area contributed by atoms with Crippen LogP contribution in [-0.4, -0.2) is 22.1 Å². The predicted molar refractivity (Wildman–Crippen MR) is 60.3 cm³/mol. The van der Waals surface area contributed by atoms with E-state index in [-0.39, 0.29) is 17.3 Å². The van der Waals surface area contributed by atoms with Crippen molar-refractivity contribution in [2.75, 3.05) is 0 Å². The molecular weight excluding hydrogens is 258 g/mol. The van der Waals surface area contributed by atoms with Crippen molar-refractivity contribution in [2.24, 2.45) is 0 Å². The molecule has 0 saturated heterocycles. The molecule has 2 rings (SSSR count). The van der Waals surface area contributed by atoms with Gasteiger partial charge in [0.2, 0.25) is 5.78 Å². The summed E-state index contributed by atoms with van der Waals surface area (Å²) >= 11 is 3.07. The smallest absolute Gasteiger partial charge is 0.208 e. The average molecular weight is 266 g/mol. The van der Waals surface area contributed by atoms with Gasteiger partial charge in [-0.15, -0.1) is 0 Å². The first kappa shape index (κ1) is 10.2. The van der Waals surface area contributed by atoms with E-state index < -0.39 is 4.83 Å². The molecule has 0 saturated carbocycles. The quantitative estimate of drug-likeness (QED) is 0.731. The van der Waals surface area contributed by atoms with Crippen LogP contribution in [0.15, 0.2) is 18.2 Å². The summed E-state index contributed by atoms with van der Waals surface area (Å²) in [5.41, 5.74) is 1.39. The van der Waals surface area contributed by atoms with Gasteiger partial charge in [-0.05, 0) is 12.5 Å². The van der Waals surface area contributed by atoms with E-state index in [1.54, 1.807) is 25.1 Å². The Kier molecular flexibility index (Phi) is 2.31. The molecule has 15 heavy (non-hydrogen) atoms. The van der Waals surface area contributed by atoms with Crippen molar-refractivity contribution in [1.82, 2.24) is 0 Å². The van der Waals surface area contributed by atoms with Crippen molar-refractivity contribution in [3.63, 3.8) is 0 Å². The highest BCUT2D eigenvalue weighted by Crippen LogP contribution is 2.26. The van der Waals surface area contributed by atoms with Crippen LogP contribution in [0.25, 0.3) is 0 Å². The van der Waals surface area contributed by atoms with Gasteiger partial charge in [-0.2, -0.15) is 0 Å². The van der Waals surface area contributed by atoms with Gasteiger partial charge in [0, 0.05) is 11.1 Å². The van der Waals surface area contributed by atoms with E-state index in [9.17, 15) is 9.59 Å². The van der Waals surface area contributed by atoms with Crippen molar-refractivity contribution >= 4 is 33.2 Å². The average Bonchev–Trinajstić information content (AvgIpc) is 2.23. The third-order valence-electron chi connectivity index (χ3n) is 2.49. The van der Waals surface area contributed by atoms with Crippen LogP contribution in [0.1, 0.15) is 26.3 Å². The number of rotatable bonds is 0. The molecule has 0 aromatic heterocycles. The van der Waals surface area contributed by atoms with Gasteiger partial charge >= 0.3 is 0 Å². The normalized spacial score (nSPS) is 20.4. The third-order valence-corrected chi connectivity index (χ3v) is 3.37. The van der Waals surface area contributed by atoms with Crippen LogP contribution in [0, 0.1) is 12.3 Å². The van der Waals surface area contributed by atoms with Crippen molar-refractivity contribution in [1.29, 1.82) is 5.41 Å². The molecule has 0 heterocycles. The van der Waals surface area contributed by atoms with Gasteiger partial charge in [-0.3, -0.25) is 15.0 Å². The zero-order chi connectivity index (χ0) is 11.2. The number of carbonyl (C=O) groups is 2. The SMILES string of the molecule is Cc1cccc2c1C(=O)C(Br)C(=N)C2=O. The number of halogens is 1. The number of carbonyl (C=O) groups excluding carboxylic acids is 2. The number of Topliss-reactive ketones (excluding diaryl/α,β-unsaturated/α-hetero) is 2. The van der Waals surface area contributed by atoms with Gasteiger partial charge in [0.15, 0.2) is 5.78 Å². The summed E-state index contributed by atoms with van der Waals surface area (Å²) in [5.74, 6) is -0.567. The first-order valence-electron chi connectivity index (χ1n) is 4.45. The minimum atomic E-state index is -0.793. The summed E-state index contributed by atoms with van der Waals surface area (Å²) in [6, 6.07) is 5.11. The Bertz CT molecular complexity index is 493. The molecule has 1 atom stereocenters. The van der Waals surface area contributed by atoms with Crippen LogP contribution in [0.3, 0.4) is 0 Å². The van der Waals surface area contributed by atoms with Gasteiger partial charge in [0.1, 0.15) is 10.5 Å². The van der Waals surface area contributed by atoms with E-state index in [2.05, 4.69) is 15.9 Å². The van der Waals surface area contributed by atoms with Crippen LogP contribution in [-0.2, 0) is 0 Å². The molecule has 4 heteroatoms. The molecule has 3 nitrogen and oxygen atoms in total. The number of hydrogen-bond donors (Lipinski definition) is 1. The molecule has 1 aliphatic carbocycles. The fourth-order valence-electron chi connectivity index (χ4n) is 1.70. The Hall–Kier alpha value is -1.29. The van der Waals surface area contributed by atoms with Crippen LogP contribution < -0.4 is 0 Å². The Morgan fingerprint density at radius 1 is 1.33 bits per heavy atom. The molecule has 0 aliphatic heterocycles. The van der Waals surface area contributed by atoms with Crippen LogP contribution >= 0.6 is 15.9 Å². The molecule has 1 N–H and O–H groups in total. The van der Waals surface area contributed by atoms with E-state index >= 15 is 0 Å². The second-order valence-electron chi connectivity index (χ2n) is 3.47. The number of aryl methyl sites for hydroxylation is 1. The summed E-state index contributed by atoms with van der Waals surface area (Å²) < 4.78 is 0. The van der Waals surface area contributed by atoms with E-state index in [1.165, 1.54) is 0 Å². The van der Waals surface area contributed by atoms with Gasteiger partial charge in [-0.25, -0.2) is 0 Å². The van der Waals surface area contributed by atoms with Gasteiger partial charge < -0.3 is 0 Å². The predicted octanol–water partition coefficient (Wildman–Crippen LogP) is 2.16. The zero-order valence-corrected chi connectivity index (χ0v) is 9.59. The van der Waals surface area contributed by atoms with Crippen LogP contribution in [0.2, 0.25) is 0 Å². The summed E-state index contributed by atoms with van der Waals surface area (Å²) in [5, 5.41) is 7.52. The number of alkyl halides is 1. The molecule has 1 aromatic rings. The summed E-state index contributed by atoms with van der Waals surface area (Å²) in [6.07, 6.45) is 0.